The molecule has 1 unspecified atom stereocenters. The molecular formula is C17H14BrClN4OS. The summed E-state index contributed by atoms with van der Waals surface area (Å²) in [5.41, 5.74) is 1.59. The average molecular weight is 438 g/mol. The fraction of sp³-hybridized carbons (Fsp3) is 0.118. The maximum atomic E-state index is 12.4. The van der Waals surface area contributed by atoms with E-state index in [1.165, 1.54) is 11.8 Å². The Balaban J connectivity index is 1.71. The van der Waals surface area contributed by atoms with Crippen molar-refractivity contribution in [1.29, 1.82) is 0 Å². The monoisotopic (exact) mass is 436 g/mol. The van der Waals surface area contributed by atoms with Crippen LogP contribution < -0.4 is 5.32 Å². The van der Waals surface area contributed by atoms with Crippen LogP contribution in [-0.2, 0) is 4.79 Å². The van der Waals surface area contributed by atoms with Gasteiger partial charge in [-0.25, -0.2) is 0 Å². The number of hydrogen-bond donors (Lipinski definition) is 1. The van der Waals surface area contributed by atoms with Gasteiger partial charge in [0.05, 0.1) is 10.9 Å². The molecule has 3 aromatic rings. The second kappa shape index (κ2) is 8.03. The standard InChI is InChI=1S/C17H14BrClN4OS/c1-11(16(24)21-14-7-5-12(18)6-8-14)25-17-22-20-10-23(17)15-4-2-3-13(19)9-15/h2-11H,1H3,(H,21,24). The highest BCUT2D eigenvalue weighted by Crippen LogP contribution is 2.26. The summed E-state index contributed by atoms with van der Waals surface area (Å²) in [5.74, 6) is -0.104. The van der Waals surface area contributed by atoms with Gasteiger partial charge in [-0.15, -0.1) is 10.2 Å². The van der Waals surface area contributed by atoms with Gasteiger partial charge in [0.15, 0.2) is 5.16 Å². The normalized spacial score (nSPS) is 12.0. The van der Waals surface area contributed by atoms with E-state index in [1.54, 1.807) is 17.0 Å². The lowest BCUT2D eigenvalue weighted by Crippen LogP contribution is -2.22. The molecule has 1 atom stereocenters. The molecule has 0 saturated heterocycles. The van der Waals surface area contributed by atoms with Crippen molar-refractivity contribution in [2.75, 3.05) is 5.32 Å². The predicted octanol–water partition coefficient (Wildman–Crippen LogP) is 4.80. The van der Waals surface area contributed by atoms with Crippen LogP contribution in [0.4, 0.5) is 5.69 Å². The van der Waals surface area contributed by atoms with Gasteiger partial charge >= 0.3 is 0 Å². The van der Waals surface area contributed by atoms with Gasteiger partial charge in [-0.05, 0) is 49.4 Å². The summed E-state index contributed by atoms with van der Waals surface area (Å²) in [4.78, 5) is 12.4. The highest BCUT2D eigenvalue weighted by atomic mass is 79.9. The number of halogens is 2. The topological polar surface area (TPSA) is 59.8 Å². The SMILES string of the molecule is CC(Sc1nncn1-c1cccc(Cl)c1)C(=O)Nc1ccc(Br)cc1. The Kier molecular flexibility index (Phi) is 5.78. The molecule has 3 rings (SSSR count). The fourth-order valence-corrected chi connectivity index (χ4v) is 3.39. The van der Waals surface area contributed by atoms with Crippen LogP contribution >= 0.6 is 39.3 Å². The van der Waals surface area contributed by atoms with E-state index in [0.717, 1.165) is 15.8 Å². The molecule has 128 valence electrons. The second-order valence-electron chi connectivity index (χ2n) is 5.22. The van der Waals surface area contributed by atoms with E-state index in [2.05, 4.69) is 31.4 Å². The smallest absolute Gasteiger partial charge is 0.237 e. The highest BCUT2D eigenvalue weighted by molar-refractivity contribution is 9.10. The van der Waals surface area contributed by atoms with Crippen LogP contribution in [-0.4, -0.2) is 25.9 Å². The number of anilines is 1. The van der Waals surface area contributed by atoms with E-state index in [9.17, 15) is 4.79 Å². The van der Waals surface area contributed by atoms with E-state index in [-0.39, 0.29) is 11.2 Å². The van der Waals surface area contributed by atoms with Crippen molar-refractivity contribution >= 4 is 50.9 Å². The van der Waals surface area contributed by atoms with E-state index in [0.29, 0.717) is 10.2 Å². The number of aromatic nitrogens is 3. The van der Waals surface area contributed by atoms with Gasteiger partial charge in [0.2, 0.25) is 5.91 Å². The minimum absolute atomic E-state index is 0.104. The molecule has 25 heavy (non-hydrogen) atoms. The van der Waals surface area contributed by atoms with E-state index < -0.39 is 0 Å². The lowest BCUT2D eigenvalue weighted by molar-refractivity contribution is -0.115. The molecule has 8 heteroatoms. The third-order valence-electron chi connectivity index (χ3n) is 3.37. The summed E-state index contributed by atoms with van der Waals surface area (Å²) in [7, 11) is 0. The van der Waals surface area contributed by atoms with Gasteiger partial charge < -0.3 is 5.32 Å². The first-order valence-corrected chi connectivity index (χ1v) is 9.47. The number of nitrogens with zero attached hydrogens (tertiary/aromatic N) is 3. The zero-order valence-electron chi connectivity index (χ0n) is 13.2. The molecule has 0 aliphatic rings. The summed E-state index contributed by atoms with van der Waals surface area (Å²) in [6.45, 7) is 1.83. The maximum Gasteiger partial charge on any atom is 0.237 e. The van der Waals surface area contributed by atoms with Crippen LogP contribution in [0, 0.1) is 0 Å². The lowest BCUT2D eigenvalue weighted by atomic mass is 10.3. The van der Waals surface area contributed by atoms with Crippen LogP contribution in [0.3, 0.4) is 0 Å². The van der Waals surface area contributed by atoms with Gasteiger partial charge in [-0.2, -0.15) is 0 Å². The first-order chi connectivity index (χ1) is 12.0. The van der Waals surface area contributed by atoms with Crippen LogP contribution in [0.2, 0.25) is 5.02 Å². The molecule has 0 bridgehead atoms. The third kappa shape index (κ3) is 4.62. The zero-order chi connectivity index (χ0) is 17.8. The Bertz CT molecular complexity index is 884. The third-order valence-corrected chi connectivity index (χ3v) is 5.19. The molecule has 0 saturated carbocycles. The van der Waals surface area contributed by atoms with E-state index in [4.69, 9.17) is 11.6 Å². The van der Waals surface area contributed by atoms with Crippen LogP contribution in [0.25, 0.3) is 5.69 Å². The number of benzene rings is 2. The lowest BCUT2D eigenvalue weighted by Gasteiger charge is -2.12. The Hall–Kier alpha value is -1.83. The van der Waals surface area contributed by atoms with Crippen molar-refractivity contribution in [3.05, 3.63) is 64.4 Å². The van der Waals surface area contributed by atoms with Gasteiger partial charge in [0.1, 0.15) is 6.33 Å². The summed E-state index contributed by atoms with van der Waals surface area (Å²) in [6, 6.07) is 14.8. The summed E-state index contributed by atoms with van der Waals surface area (Å²) in [5, 5.41) is 11.9. The van der Waals surface area contributed by atoms with Crippen LogP contribution in [0.15, 0.2) is 64.5 Å². The van der Waals surface area contributed by atoms with E-state index >= 15 is 0 Å². The van der Waals surface area contributed by atoms with Crippen molar-refractivity contribution in [2.45, 2.75) is 17.3 Å². The molecule has 1 amide bonds. The van der Waals surface area contributed by atoms with Gasteiger partial charge in [-0.3, -0.25) is 9.36 Å². The minimum atomic E-state index is -0.342. The quantitative estimate of drug-likeness (QED) is 0.582. The van der Waals surface area contributed by atoms with Gasteiger partial charge in [0, 0.05) is 15.2 Å². The van der Waals surface area contributed by atoms with Crippen LogP contribution in [0.1, 0.15) is 6.92 Å². The first kappa shape index (κ1) is 18.0. The molecule has 1 aromatic heterocycles. The Morgan fingerprint density at radius 2 is 2.04 bits per heavy atom. The summed E-state index contributed by atoms with van der Waals surface area (Å²) in [6.07, 6.45) is 1.60. The number of carbonyl (C=O) groups is 1. The van der Waals surface area contributed by atoms with Gasteiger partial charge in [-0.1, -0.05) is 45.4 Å². The number of thioether (sulfide) groups is 1. The number of hydrogen-bond acceptors (Lipinski definition) is 4. The van der Waals surface area contributed by atoms with E-state index in [1.807, 2.05) is 49.4 Å². The molecule has 0 aliphatic heterocycles. The molecule has 0 fully saturated rings. The molecule has 1 heterocycles. The summed E-state index contributed by atoms with van der Waals surface area (Å²) >= 11 is 10.7. The van der Waals surface area contributed by atoms with Crippen molar-refractivity contribution < 1.29 is 4.79 Å². The number of amides is 1. The molecule has 0 radical (unpaired) electrons. The molecule has 5 nitrogen and oxygen atoms in total. The first-order valence-electron chi connectivity index (χ1n) is 7.42. The van der Waals surface area contributed by atoms with Crippen molar-refractivity contribution in [3.8, 4) is 5.69 Å². The van der Waals surface area contributed by atoms with Crippen molar-refractivity contribution in [3.63, 3.8) is 0 Å². The van der Waals surface area contributed by atoms with Crippen LogP contribution in [0.5, 0.6) is 0 Å². The fourth-order valence-electron chi connectivity index (χ4n) is 2.10. The predicted molar refractivity (Wildman–Crippen MR) is 104 cm³/mol. The largest absolute Gasteiger partial charge is 0.325 e. The Labute approximate surface area is 162 Å². The number of nitrogens with one attached hydrogen (secondary N) is 1. The number of rotatable bonds is 5. The van der Waals surface area contributed by atoms with Crippen molar-refractivity contribution in [2.24, 2.45) is 0 Å². The molecule has 0 aliphatic carbocycles. The highest BCUT2D eigenvalue weighted by Gasteiger charge is 2.18. The van der Waals surface area contributed by atoms with Gasteiger partial charge in [0.25, 0.3) is 0 Å². The molecule has 1 N–H and O–H groups in total. The summed E-state index contributed by atoms with van der Waals surface area (Å²) < 4.78 is 2.77. The zero-order valence-corrected chi connectivity index (χ0v) is 16.3. The van der Waals surface area contributed by atoms with Crippen molar-refractivity contribution in [1.82, 2.24) is 14.8 Å². The maximum absolute atomic E-state index is 12.4. The minimum Gasteiger partial charge on any atom is -0.325 e. The Morgan fingerprint density at radius 1 is 1.28 bits per heavy atom. The molecule has 2 aromatic carbocycles. The Morgan fingerprint density at radius 3 is 2.76 bits per heavy atom. The average Bonchev–Trinajstić information content (AvgIpc) is 3.05. The second-order valence-corrected chi connectivity index (χ2v) is 7.88. The molecular weight excluding hydrogens is 424 g/mol. The number of carbonyl (C=O) groups excluding carboxylic acids is 1. The molecule has 0 spiro atoms.